The summed E-state index contributed by atoms with van der Waals surface area (Å²) in [5.74, 6) is 5.08. The Morgan fingerprint density at radius 1 is 1.43 bits per heavy atom. The van der Waals surface area contributed by atoms with Gasteiger partial charge in [0, 0.05) is 25.6 Å². The number of carboxylic acid groups (broad SMARTS) is 1. The van der Waals surface area contributed by atoms with Crippen LogP contribution in [0.1, 0.15) is 33.6 Å². The van der Waals surface area contributed by atoms with E-state index in [2.05, 4.69) is 30.6 Å². The van der Waals surface area contributed by atoms with Crippen LogP contribution in [0.15, 0.2) is 0 Å². The monoisotopic (exact) mass is 197 g/mol. The molecular formula is C11H19NO2. The molecule has 0 atom stereocenters. The van der Waals surface area contributed by atoms with Crippen molar-refractivity contribution in [2.75, 3.05) is 13.1 Å². The topological polar surface area (TPSA) is 40.5 Å². The number of rotatable bonds is 6. The Kier molecular flexibility index (Phi) is 6.87. The molecule has 0 rings (SSSR count). The van der Waals surface area contributed by atoms with E-state index in [-0.39, 0.29) is 6.42 Å². The minimum atomic E-state index is -0.739. The Bertz CT molecular complexity index is 225. The van der Waals surface area contributed by atoms with Crippen LogP contribution in [0.4, 0.5) is 0 Å². The van der Waals surface area contributed by atoms with E-state index >= 15 is 0 Å². The molecule has 0 spiro atoms. The number of hydrogen-bond acceptors (Lipinski definition) is 2. The molecule has 0 fully saturated rings. The van der Waals surface area contributed by atoms with Gasteiger partial charge in [0.1, 0.15) is 0 Å². The van der Waals surface area contributed by atoms with Crippen molar-refractivity contribution in [3.8, 4) is 11.8 Å². The fourth-order valence-corrected chi connectivity index (χ4v) is 1.19. The van der Waals surface area contributed by atoms with Crippen LogP contribution < -0.4 is 0 Å². The molecule has 0 saturated carbocycles. The molecule has 0 amide bonds. The van der Waals surface area contributed by atoms with Gasteiger partial charge >= 0.3 is 5.97 Å². The summed E-state index contributed by atoms with van der Waals surface area (Å²) in [6.07, 6.45) is 1.02. The third kappa shape index (κ3) is 6.50. The molecule has 3 heteroatoms. The Labute approximate surface area is 86.1 Å². The van der Waals surface area contributed by atoms with Gasteiger partial charge in [-0.2, -0.15) is 0 Å². The fraction of sp³-hybridized carbons (Fsp3) is 0.727. The lowest BCUT2D eigenvalue weighted by atomic mass is 10.2. The van der Waals surface area contributed by atoms with Gasteiger partial charge in [0.2, 0.25) is 0 Å². The molecule has 0 aromatic carbocycles. The van der Waals surface area contributed by atoms with E-state index in [9.17, 15) is 4.79 Å². The molecule has 0 heterocycles. The van der Waals surface area contributed by atoms with Crippen molar-refractivity contribution in [2.45, 2.75) is 39.7 Å². The summed E-state index contributed by atoms with van der Waals surface area (Å²) in [5.41, 5.74) is 0. The average Bonchev–Trinajstić information content (AvgIpc) is 2.10. The second-order valence-electron chi connectivity index (χ2n) is 3.45. The first-order valence-electron chi connectivity index (χ1n) is 4.93. The van der Waals surface area contributed by atoms with E-state index in [0.717, 1.165) is 13.0 Å². The van der Waals surface area contributed by atoms with Crippen LogP contribution in [-0.2, 0) is 4.79 Å². The maximum Gasteiger partial charge on any atom is 0.304 e. The predicted octanol–water partition coefficient (Wildman–Crippen LogP) is 1.58. The van der Waals surface area contributed by atoms with Gasteiger partial charge in [0.15, 0.2) is 0 Å². The second kappa shape index (κ2) is 7.40. The van der Waals surface area contributed by atoms with Gasteiger partial charge in [-0.3, -0.25) is 9.69 Å². The van der Waals surface area contributed by atoms with Crippen molar-refractivity contribution in [1.82, 2.24) is 4.90 Å². The molecule has 0 aromatic rings. The molecule has 1 N–H and O–H groups in total. The van der Waals surface area contributed by atoms with Gasteiger partial charge in [0.05, 0.1) is 6.42 Å². The molecule has 0 saturated heterocycles. The molecule has 0 bridgehead atoms. The molecule has 14 heavy (non-hydrogen) atoms. The highest BCUT2D eigenvalue weighted by Gasteiger charge is 2.09. The smallest absolute Gasteiger partial charge is 0.304 e. The lowest BCUT2D eigenvalue weighted by molar-refractivity contribution is -0.137. The van der Waals surface area contributed by atoms with Crippen molar-refractivity contribution in [3.05, 3.63) is 0 Å². The minimum Gasteiger partial charge on any atom is -0.481 e. The van der Waals surface area contributed by atoms with Crippen LogP contribution in [0.5, 0.6) is 0 Å². The van der Waals surface area contributed by atoms with Gasteiger partial charge in [-0.05, 0) is 20.8 Å². The Hall–Kier alpha value is -1.01. The highest BCUT2D eigenvalue weighted by Crippen LogP contribution is 2.00. The third-order valence-electron chi connectivity index (χ3n) is 2.04. The third-order valence-corrected chi connectivity index (χ3v) is 2.04. The summed E-state index contributed by atoms with van der Waals surface area (Å²) in [6.45, 7) is 7.42. The quantitative estimate of drug-likeness (QED) is 0.657. The number of carboxylic acids is 1. The first-order chi connectivity index (χ1) is 6.57. The maximum atomic E-state index is 10.4. The average molecular weight is 197 g/mol. The molecule has 0 aromatic heterocycles. The fourth-order valence-electron chi connectivity index (χ4n) is 1.19. The lowest BCUT2D eigenvalue weighted by Gasteiger charge is -2.24. The lowest BCUT2D eigenvalue weighted by Crippen LogP contribution is -2.33. The minimum absolute atomic E-state index is 0.206. The van der Waals surface area contributed by atoms with Gasteiger partial charge in [-0.15, -0.1) is 11.8 Å². The molecular weight excluding hydrogens is 178 g/mol. The van der Waals surface area contributed by atoms with Gasteiger partial charge < -0.3 is 5.11 Å². The predicted molar refractivity (Wildman–Crippen MR) is 57.0 cm³/mol. The molecule has 0 unspecified atom stereocenters. The van der Waals surface area contributed by atoms with E-state index in [0.29, 0.717) is 12.6 Å². The van der Waals surface area contributed by atoms with E-state index in [1.54, 1.807) is 0 Å². The summed E-state index contributed by atoms with van der Waals surface area (Å²) in [4.78, 5) is 12.5. The summed E-state index contributed by atoms with van der Waals surface area (Å²) in [7, 11) is 0. The Morgan fingerprint density at radius 3 is 2.50 bits per heavy atom. The van der Waals surface area contributed by atoms with Crippen LogP contribution in [0.25, 0.3) is 0 Å². The first kappa shape index (κ1) is 13.0. The number of hydrogen-bond donors (Lipinski definition) is 1. The van der Waals surface area contributed by atoms with Crippen molar-refractivity contribution in [1.29, 1.82) is 0 Å². The second-order valence-corrected chi connectivity index (χ2v) is 3.45. The zero-order valence-corrected chi connectivity index (χ0v) is 9.21. The number of carbonyl (C=O) groups is 1. The summed E-state index contributed by atoms with van der Waals surface area (Å²) >= 11 is 0. The Balaban J connectivity index is 3.87. The van der Waals surface area contributed by atoms with Crippen LogP contribution in [0.2, 0.25) is 0 Å². The van der Waals surface area contributed by atoms with E-state index in [4.69, 9.17) is 5.11 Å². The molecule has 0 radical (unpaired) electrons. The highest BCUT2D eigenvalue weighted by molar-refractivity contribution is 5.66. The van der Waals surface area contributed by atoms with E-state index < -0.39 is 5.97 Å². The van der Waals surface area contributed by atoms with Crippen LogP contribution in [-0.4, -0.2) is 35.1 Å². The van der Waals surface area contributed by atoms with Gasteiger partial charge in [0.25, 0.3) is 0 Å². The summed E-state index contributed by atoms with van der Waals surface area (Å²) in [5, 5.41) is 8.56. The standard InChI is InChI=1S/C11H19NO2/c1-4-5-6-8-12(10(2)3)9-7-11(13)14/h10H,6-9H2,1-3H3,(H,13,14). The maximum absolute atomic E-state index is 10.4. The van der Waals surface area contributed by atoms with Gasteiger partial charge in [-0.25, -0.2) is 0 Å². The zero-order chi connectivity index (χ0) is 11.0. The van der Waals surface area contributed by atoms with E-state index in [1.807, 2.05) is 6.92 Å². The molecule has 0 aliphatic heterocycles. The molecule has 0 aliphatic carbocycles. The van der Waals surface area contributed by atoms with Crippen LogP contribution in [0, 0.1) is 11.8 Å². The molecule has 80 valence electrons. The van der Waals surface area contributed by atoms with Gasteiger partial charge in [-0.1, -0.05) is 0 Å². The SMILES string of the molecule is CC#CCCN(CCC(=O)O)C(C)C. The van der Waals surface area contributed by atoms with Crippen molar-refractivity contribution in [2.24, 2.45) is 0 Å². The summed E-state index contributed by atoms with van der Waals surface area (Å²) in [6, 6.07) is 0.382. The largest absolute Gasteiger partial charge is 0.481 e. The number of nitrogens with zero attached hydrogens (tertiary/aromatic N) is 1. The van der Waals surface area contributed by atoms with Crippen molar-refractivity contribution >= 4 is 5.97 Å². The van der Waals surface area contributed by atoms with Crippen molar-refractivity contribution < 1.29 is 9.90 Å². The highest BCUT2D eigenvalue weighted by atomic mass is 16.4. The van der Waals surface area contributed by atoms with Crippen LogP contribution >= 0.6 is 0 Å². The zero-order valence-electron chi connectivity index (χ0n) is 9.21. The normalized spacial score (nSPS) is 10.1. The summed E-state index contributed by atoms with van der Waals surface area (Å²) < 4.78 is 0. The molecule has 3 nitrogen and oxygen atoms in total. The number of aliphatic carboxylic acids is 1. The Morgan fingerprint density at radius 2 is 2.07 bits per heavy atom. The van der Waals surface area contributed by atoms with E-state index in [1.165, 1.54) is 0 Å². The van der Waals surface area contributed by atoms with Crippen LogP contribution in [0.3, 0.4) is 0 Å². The molecule has 0 aliphatic rings. The first-order valence-corrected chi connectivity index (χ1v) is 4.93. The van der Waals surface area contributed by atoms with Crippen molar-refractivity contribution in [3.63, 3.8) is 0 Å².